The molecule has 0 N–H and O–H groups in total. The number of hydrogen-bond acceptors (Lipinski definition) is 4. The highest BCUT2D eigenvalue weighted by Gasteiger charge is 2.20. The van der Waals surface area contributed by atoms with Crippen LogP contribution in [0.4, 0.5) is 0 Å². The molecule has 0 bridgehead atoms. The van der Waals surface area contributed by atoms with E-state index in [1.54, 1.807) is 11.3 Å². The molecular formula is C23H18N2OS. The van der Waals surface area contributed by atoms with Crippen LogP contribution in [-0.4, -0.2) is 11.3 Å². The third kappa shape index (κ3) is 3.11. The fourth-order valence-corrected chi connectivity index (χ4v) is 4.81. The average Bonchev–Trinajstić information content (AvgIpc) is 3.09. The van der Waals surface area contributed by atoms with Crippen LogP contribution in [0.5, 0.6) is 0 Å². The minimum atomic E-state index is -0.379. The number of thiophene rings is 1. The monoisotopic (exact) mass is 370 g/mol. The summed E-state index contributed by atoms with van der Waals surface area (Å²) in [5.41, 5.74) is 2.43. The maximum absolute atomic E-state index is 11.3. The molecule has 0 atom stereocenters. The van der Waals surface area contributed by atoms with Crippen LogP contribution in [0.25, 0.3) is 32.0 Å². The van der Waals surface area contributed by atoms with Crippen LogP contribution in [-0.2, 0) is 11.2 Å². The van der Waals surface area contributed by atoms with Crippen LogP contribution in [0.2, 0.25) is 0 Å². The van der Waals surface area contributed by atoms with Gasteiger partial charge in [0, 0.05) is 43.7 Å². The molecule has 4 aromatic rings. The molecule has 0 saturated carbocycles. The largest absolute Gasteiger partial charge is 0.303 e. The average molecular weight is 370 g/mol. The highest BCUT2D eigenvalue weighted by atomic mass is 32.1. The van der Waals surface area contributed by atoms with Gasteiger partial charge >= 0.3 is 0 Å². The molecule has 0 unspecified atom stereocenters. The molecule has 0 radical (unpaired) electrons. The molecule has 0 saturated heterocycles. The van der Waals surface area contributed by atoms with Crippen LogP contribution in [0.3, 0.4) is 0 Å². The van der Waals surface area contributed by atoms with Crippen LogP contribution in [0, 0.1) is 16.7 Å². The fraction of sp³-hybridized carbons (Fsp3) is 0.174. The summed E-state index contributed by atoms with van der Waals surface area (Å²) in [6.45, 7) is 3.91. The number of aromatic nitrogens is 1. The summed E-state index contributed by atoms with van der Waals surface area (Å²) in [4.78, 5) is 16.9. The number of hydrogen-bond donors (Lipinski definition) is 0. The first kappa shape index (κ1) is 17.4. The molecular weight excluding hydrogens is 352 g/mol. The van der Waals surface area contributed by atoms with E-state index in [4.69, 9.17) is 0 Å². The molecule has 2 aromatic heterocycles. The first-order chi connectivity index (χ1) is 13.0. The van der Waals surface area contributed by atoms with Crippen LogP contribution in [0.15, 0.2) is 54.9 Å². The molecule has 4 heteroatoms. The Balaban J connectivity index is 1.93. The number of carbonyl (C=O) groups excluding carboxylic acids is 1. The number of nitriles is 1. The van der Waals surface area contributed by atoms with Gasteiger partial charge in [-0.25, -0.2) is 0 Å². The molecule has 0 aliphatic heterocycles. The number of benzene rings is 2. The van der Waals surface area contributed by atoms with E-state index in [-0.39, 0.29) is 5.41 Å². The summed E-state index contributed by atoms with van der Waals surface area (Å²) >= 11 is 1.72. The number of fused-ring (bicyclic) bond motifs is 2. The van der Waals surface area contributed by atoms with Gasteiger partial charge in [-0.15, -0.1) is 11.3 Å². The second kappa shape index (κ2) is 6.61. The molecule has 2 aromatic carbocycles. The maximum atomic E-state index is 11.3. The zero-order valence-corrected chi connectivity index (χ0v) is 16.0. The zero-order chi connectivity index (χ0) is 19.0. The predicted octanol–water partition coefficient (Wildman–Crippen LogP) is 5.76. The molecule has 3 nitrogen and oxygen atoms in total. The Hall–Kier alpha value is -3.03. The number of carbonyl (C=O) groups is 1. The molecule has 0 aliphatic carbocycles. The van der Waals surface area contributed by atoms with Crippen molar-refractivity contribution in [1.29, 1.82) is 5.26 Å². The number of nitrogens with zero attached hydrogens (tertiary/aromatic N) is 2. The zero-order valence-electron chi connectivity index (χ0n) is 15.2. The molecule has 0 fully saturated rings. The summed E-state index contributed by atoms with van der Waals surface area (Å²) in [5.74, 6) is 0. The highest BCUT2D eigenvalue weighted by Crippen LogP contribution is 2.39. The van der Waals surface area contributed by atoms with Crippen molar-refractivity contribution in [3.05, 3.63) is 65.3 Å². The lowest BCUT2D eigenvalue weighted by Gasteiger charge is -2.14. The molecule has 0 spiro atoms. The molecule has 2 heterocycles. The van der Waals surface area contributed by atoms with Crippen molar-refractivity contribution in [3.63, 3.8) is 0 Å². The second-order valence-corrected chi connectivity index (χ2v) is 8.56. The van der Waals surface area contributed by atoms with E-state index in [0.717, 1.165) is 38.3 Å². The van der Waals surface area contributed by atoms with Gasteiger partial charge in [-0.1, -0.05) is 44.2 Å². The van der Waals surface area contributed by atoms with Crippen LogP contribution < -0.4 is 0 Å². The third-order valence-corrected chi connectivity index (χ3v) is 5.94. The summed E-state index contributed by atoms with van der Waals surface area (Å²) in [5, 5.41) is 12.5. The lowest BCUT2D eigenvalue weighted by molar-refractivity contribution is -0.114. The van der Waals surface area contributed by atoms with Crippen molar-refractivity contribution in [3.8, 4) is 17.2 Å². The van der Waals surface area contributed by atoms with Gasteiger partial charge in [0.15, 0.2) is 0 Å². The maximum Gasteiger partial charge on any atom is 0.125 e. The van der Waals surface area contributed by atoms with E-state index in [1.807, 2.05) is 62.6 Å². The van der Waals surface area contributed by atoms with Gasteiger partial charge in [0.2, 0.25) is 0 Å². The SMILES string of the molecule is CC(C)(C=O)Cc1cc2cncc(-c3ccc(C#N)c4ccccc34)c2s1. The Morgan fingerprint density at radius 3 is 2.63 bits per heavy atom. The summed E-state index contributed by atoms with van der Waals surface area (Å²) in [6, 6.07) is 16.3. The minimum Gasteiger partial charge on any atom is -0.303 e. The Kier molecular flexibility index (Phi) is 4.25. The predicted molar refractivity (Wildman–Crippen MR) is 111 cm³/mol. The Morgan fingerprint density at radius 1 is 1.11 bits per heavy atom. The normalized spacial score (nSPS) is 11.6. The first-order valence-corrected chi connectivity index (χ1v) is 9.59. The van der Waals surface area contributed by atoms with Crippen molar-refractivity contribution in [2.24, 2.45) is 5.41 Å². The van der Waals surface area contributed by atoms with Gasteiger partial charge in [0.25, 0.3) is 0 Å². The first-order valence-electron chi connectivity index (χ1n) is 8.77. The van der Waals surface area contributed by atoms with Gasteiger partial charge in [-0.05, 0) is 29.5 Å². The fourth-order valence-electron chi connectivity index (χ4n) is 3.42. The number of aldehydes is 1. The van der Waals surface area contributed by atoms with Gasteiger partial charge in [0.1, 0.15) is 6.29 Å². The van der Waals surface area contributed by atoms with Crippen molar-refractivity contribution in [2.75, 3.05) is 0 Å². The molecule has 0 amide bonds. The molecule has 27 heavy (non-hydrogen) atoms. The van der Waals surface area contributed by atoms with Crippen molar-refractivity contribution in [2.45, 2.75) is 20.3 Å². The molecule has 4 rings (SSSR count). The summed E-state index contributed by atoms with van der Waals surface area (Å²) < 4.78 is 1.16. The topological polar surface area (TPSA) is 53.8 Å². The molecule has 132 valence electrons. The Morgan fingerprint density at radius 2 is 1.89 bits per heavy atom. The van der Waals surface area contributed by atoms with Gasteiger partial charge in [-0.2, -0.15) is 5.26 Å². The standard InChI is InChI=1S/C23H18N2OS/c1-23(2,14-26)10-17-9-16-12-25-13-21(22(16)27-17)20-8-7-15(11-24)18-5-3-4-6-19(18)20/h3-9,12-14H,10H2,1-2H3. The Labute approximate surface area is 161 Å². The van der Waals surface area contributed by atoms with Crippen LogP contribution >= 0.6 is 11.3 Å². The van der Waals surface area contributed by atoms with E-state index in [2.05, 4.69) is 17.1 Å². The summed E-state index contributed by atoms with van der Waals surface area (Å²) in [7, 11) is 0. The molecule has 0 aliphatic rings. The lowest BCUT2D eigenvalue weighted by Crippen LogP contribution is -2.15. The van der Waals surface area contributed by atoms with Crippen LogP contribution in [0.1, 0.15) is 24.3 Å². The van der Waals surface area contributed by atoms with E-state index < -0.39 is 0 Å². The third-order valence-electron chi connectivity index (χ3n) is 4.76. The van der Waals surface area contributed by atoms with E-state index in [1.165, 1.54) is 4.88 Å². The van der Waals surface area contributed by atoms with Gasteiger partial charge in [-0.3, -0.25) is 4.98 Å². The minimum absolute atomic E-state index is 0.379. The number of pyridine rings is 1. The van der Waals surface area contributed by atoms with Crippen molar-refractivity contribution >= 4 is 38.5 Å². The second-order valence-electron chi connectivity index (χ2n) is 7.42. The highest BCUT2D eigenvalue weighted by molar-refractivity contribution is 7.19. The van der Waals surface area contributed by atoms with Gasteiger partial charge < -0.3 is 4.79 Å². The van der Waals surface area contributed by atoms with Crippen molar-refractivity contribution < 1.29 is 4.79 Å². The van der Waals surface area contributed by atoms with Crippen molar-refractivity contribution in [1.82, 2.24) is 4.98 Å². The van der Waals surface area contributed by atoms with E-state index in [0.29, 0.717) is 12.0 Å². The smallest absolute Gasteiger partial charge is 0.125 e. The summed E-state index contributed by atoms with van der Waals surface area (Å²) in [6.07, 6.45) is 5.49. The quantitative estimate of drug-likeness (QED) is 0.429. The van der Waals surface area contributed by atoms with E-state index in [9.17, 15) is 10.1 Å². The van der Waals surface area contributed by atoms with Gasteiger partial charge in [0.05, 0.1) is 11.6 Å². The lowest BCUT2D eigenvalue weighted by atomic mass is 9.90. The number of rotatable bonds is 4. The van der Waals surface area contributed by atoms with E-state index >= 15 is 0 Å². The Bertz CT molecular complexity index is 1210.